The summed E-state index contributed by atoms with van der Waals surface area (Å²) in [5.41, 5.74) is 2.85. The van der Waals surface area contributed by atoms with E-state index >= 15 is 0 Å². The average molecular weight is 317 g/mol. The van der Waals surface area contributed by atoms with Crippen molar-refractivity contribution in [1.82, 2.24) is 4.90 Å². The summed E-state index contributed by atoms with van der Waals surface area (Å²) in [5.74, 6) is 3.24. The number of hydrogen-bond donors (Lipinski definition) is 0. The lowest BCUT2D eigenvalue weighted by Crippen LogP contribution is -2.37. The number of ether oxygens (including phenoxy) is 2. The molecule has 1 aromatic rings. The van der Waals surface area contributed by atoms with Crippen LogP contribution in [-0.4, -0.2) is 38.1 Å². The number of aryl methyl sites for hydroxylation is 1. The second-order valence-corrected chi connectivity index (χ2v) is 6.83. The SMILES string of the molecule is COc1cc2c(cc1OC)C(CC1CCN(C(C)=O)CC1)CC2. The van der Waals surface area contributed by atoms with Gasteiger partial charge in [-0.05, 0) is 67.2 Å². The van der Waals surface area contributed by atoms with Crippen molar-refractivity contribution < 1.29 is 14.3 Å². The van der Waals surface area contributed by atoms with Crippen LogP contribution in [0.1, 0.15) is 49.7 Å². The molecule has 1 saturated heterocycles. The average Bonchev–Trinajstić information content (AvgIpc) is 2.96. The maximum atomic E-state index is 11.4. The lowest BCUT2D eigenvalue weighted by atomic mass is 9.84. The topological polar surface area (TPSA) is 38.8 Å². The van der Waals surface area contributed by atoms with Crippen LogP contribution in [0.4, 0.5) is 0 Å². The molecule has 0 spiro atoms. The molecular weight excluding hydrogens is 290 g/mol. The first-order valence-corrected chi connectivity index (χ1v) is 8.62. The highest BCUT2D eigenvalue weighted by atomic mass is 16.5. The Labute approximate surface area is 138 Å². The molecule has 0 N–H and O–H groups in total. The highest BCUT2D eigenvalue weighted by molar-refractivity contribution is 5.73. The molecule has 1 unspecified atom stereocenters. The fourth-order valence-electron chi connectivity index (χ4n) is 4.15. The summed E-state index contributed by atoms with van der Waals surface area (Å²) in [6.07, 6.45) is 5.86. The second-order valence-electron chi connectivity index (χ2n) is 6.83. The molecule has 1 aliphatic heterocycles. The Hall–Kier alpha value is -1.71. The monoisotopic (exact) mass is 317 g/mol. The van der Waals surface area contributed by atoms with Crippen LogP contribution in [-0.2, 0) is 11.2 Å². The minimum atomic E-state index is 0.214. The largest absolute Gasteiger partial charge is 0.493 e. The summed E-state index contributed by atoms with van der Waals surface area (Å²) in [6, 6.07) is 4.32. The van der Waals surface area contributed by atoms with Gasteiger partial charge in [0.25, 0.3) is 0 Å². The van der Waals surface area contributed by atoms with E-state index in [9.17, 15) is 4.79 Å². The zero-order valence-electron chi connectivity index (χ0n) is 14.4. The summed E-state index contributed by atoms with van der Waals surface area (Å²) in [4.78, 5) is 13.4. The van der Waals surface area contributed by atoms with Gasteiger partial charge in [0.05, 0.1) is 14.2 Å². The molecule has 0 saturated carbocycles. The van der Waals surface area contributed by atoms with Crippen LogP contribution < -0.4 is 9.47 Å². The molecule has 1 amide bonds. The van der Waals surface area contributed by atoms with E-state index in [1.54, 1.807) is 21.1 Å². The van der Waals surface area contributed by atoms with Crippen molar-refractivity contribution in [2.24, 2.45) is 5.92 Å². The first-order valence-electron chi connectivity index (χ1n) is 8.62. The van der Waals surface area contributed by atoms with Crippen molar-refractivity contribution in [3.63, 3.8) is 0 Å². The van der Waals surface area contributed by atoms with Crippen molar-refractivity contribution in [2.75, 3.05) is 27.3 Å². The molecule has 2 aliphatic rings. The third-order valence-electron chi connectivity index (χ3n) is 5.53. The van der Waals surface area contributed by atoms with Gasteiger partial charge in [-0.1, -0.05) is 0 Å². The van der Waals surface area contributed by atoms with Crippen LogP contribution in [0.5, 0.6) is 11.5 Å². The molecule has 0 bridgehead atoms. The number of rotatable bonds is 4. The fraction of sp³-hybridized carbons (Fsp3) is 0.632. The Kier molecular flexibility index (Phi) is 4.79. The maximum absolute atomic E-state index is 11.4. The molecule has 1 fully saturated rings. The Morgan fingerprint density at radius 2 is 1.78 bits per heavy atom. The van der Waals surface area contributed by atoms with Gasteiger partial charge in [0.15, 0.2) is 11.5 Å². The predicted octanol–water partition coefficient (Wildman–Crippen LogP) is 3.38. The number of benzene rings is 1. The van der Waals surface area contributed by atoms with Crippen LogP contribution in [0.2, 0.25) is 0 Å². The molecule has 0 radical (unpaired) electrons. The van der Waals surface area contributed by atoms with Gasteiger partial charge < -0.3 is 14.4 Å². The first kappa shape index (κ1) is 16.2. The van der Waals surface area contributed by atoms with E-state index in [2.05, 4.69) is 12.1 Å². The van der Waals surface area contributed by atoms with Crippen molar-refractivity contribution in [1.29, 1.82) is 0 Å². The molecular formula is C19H27NO3. The minimum Gasteiger partial charge on any atom is -0.493 e. The van der Waals surface area contributed by atoms with Gasteiger partial charge in [0, 0.05) is 20.0 Å². The number of methoxy groups -OCH3 is 2. The van der Waals surface area contributed by atoms with Gasteiger partial charge in [-0.15, -0.1) is 0 Å². The van der Waals surface area contributed by atoms with E-state index in [4.69, 9.17) is 9.47 Å². The van der Waals surface area contributed by atoms with Crippen LogP contribution in [0.3, 0.4) is 0 Å². The molecule has 1 aliphatic carbocycles. The van der Waals surface area contributed by atoms with Crippen LogP contribution in [0, 0.1) is 5.92 Å². The Balaban J connectivity index is 1.67. The third kappa shape index (κ3) is 3.31. The molecule has 1 heterocycles. The smallest absolute Gasteiger partial charge is 0.219 e. The summed E-state index contributed by atoms with van der Waals surface area (Å²) in [5, 5.41) is 0. The number of nitrogens with zero attached hydrogens (tertiary/aromatic N) is 1. The summed E-state index contributed by atoms with van der Waals surface area (Å²) in [6.45, 7) is 3.52. The maximum Gasteiger partial charge on any atom is 0.219 e. The van der Waals surface area contributed by atoms with E-state index in [1.807, 2.05) is 4.90 Å². The highest BCUT2D eigenvalue weighted by Gasteiger charge is 2.29. The van der Waals surface area contributed by atoms with Crippen molar-refractivity contribution >= 4 is 5.91 Å². The Morgan fingerprint density at radius 1 is 1.13 bits per heavy atom. The van der Waals surface area contributed by atoms with E-state index in [0.29, 0.717) is 5.92 Å². The van der Waals surface area contributed by atoms with Gasteiger partial charge in [0.2, 0.25) is 5.91 Å². The molecule has 0 aromatic heterocycles. The normalized spacial score (nSPS) is 21.2. The van der Waals surface area contributed by atoms with Gasteiger partial charge >= 0.3 is 0 Å². The second kappa shape index (κ2) is 6.81. The molecule has 3 rings (SSSR count). The van der Waals surface area contributed by atoms with Crippen molar-refractivity contribution in [2.45, 2.75) is 44.9 Å². The third-order valence-corrected chi connectivity index (χ3v) is 5.53. The standard InChI is InChI=1S/C19H27NO3/c1-13(21)20-8-6-14(7-9-20)10-15-4-5-16-11-18(22-2)19(23-3)12-17(15)16/h11-12,14-15H,4-10H2,1-3H3. The van der Waals surface area contributed by atoms with Gasteiger partial charge in [-0.25, -0.2) is 0 Å². The molecule has 1 aromatic carbocycles. The Bertz CT molecular complexity index is 576. The highest BCUT2D eigenvalue weighted by Crippen LogP contribution is 2.44. The number of carbonyl (C=O) groups excluding carboxylic acids is 1. The quantitative estimate of drug-likeness (QED) is 0.854. The molecule has 1 atom stereocenters. The first-order chi connectivity index (χ1) is 11.1. The summed E-state index contributed by atoms with van der Waals surface area (Å²) < 4.78 is 10.9. The van der Waals surface area contributed by atoms with Gasteiger partial charge in [-0.3, -0.25) is 4.79 Å². The molecule has 23 heavy (non-hydrogen) atoms. The van der Waals surface area contributed by atoms with Gasteiger partial charge in [0.1, 0.15) is 0 Å². The van der Waals surface area contributed by atoms with Crippen molar-refractivity contribution in [3.8, 4) is 11.5 Å². The number of hydrogen-bond acceptors (Lipinski definition) is 3. The number of likely N-dealkylation sites (tertiary alicyclic amines) is 1. The number of piperidine rings is 1. The van der Waals surface area contributed by atoms with Crippen LogP contribution in [0.15, 0.2) is 12.1 Å². The minimum absolute atomic E-state index is 0.214. The van der Waals surface area contributed by atoms with Crippen LogP contribution in [0.25, 0.3) is 0 Å². The van der Waals surface area contributed by atoms with Gasteiger partial charge in [-0.2, -0.15) is 0 Å². The predicted molar refractivity (Wildman–Crippen MR) is 90.2 cm³/mol. The summed E-state index contributed by atoms with van der Waals surface area (Å²) >= 11 is 0. The zero-order chi connectivity index (χ0) is 16.4. The lowest BCUT2D eigenvalue weighted by Gasteiger charge is -2.32. The van der Waals surface area contributed by atoms with E-state index < -0.39 is 0 Å². The molecule has 4 heteroatoms. The number of fused-ring (bicyclic) bond motifs is 1. The molecule has 126 valence electrons. The lowest BCUT2D eigenvalue weighted by molar-refractivity contribution is -0.130. The summed E-state index contributed by atoms with van der Waals surface area (Å²) in [7, 11) is 3.39. The number of amides is 1. The van der Waals surface area contributed by atoms with Crippen molar-refractivity contribution in [3.05, 3.63) is 23.3 Å². The van der Waals surface area contributed by atoms with E-state index in [-0.39, 0.29) is 5.91 Å². The Morgan fingerprint density at radius 3 is 2.39 bits per heavy atom. The van der Waals surface area contributed by atoms with E-state index in [0.717, 1.165) is 49.8 Å². The zero-order valence-corrected chi connectivity index (χ0v) is 14.4. The van der Waals surface area contributed by atoms with E-state index in [1.165, 1.54) is 24.0 Å². The molecule has 4 nitrogen and oxygen atoms in total. The fourth-order valence-corrected chi connectivity index (χ4v) is 4.15. The van der Waals surface area contributed by atoms with Crippen LogP contribution >= 0.6 is 0 Å². The number of carbonyl (C=O) groups is 1.